The highest BCUT2D eigenvalue weighted by Gasteiger charge is 2.32. The van der Waals surface area contributed by atoms with Crippen LogP contribution in [-0.2, 0) is 48.0 Å². The summed E-state index contributed by atoms with van der Waals surface area (Å²) in [5.41, 5.74) is 20.2. The van der Waals surface area contributed by atoms with Crippen molar-refractivity contribution in [2.45, 2.75) is 88.6 Å². The van der Waals surface area contributed by atoms with E-state index in [4.69, 9.17) is 17.2 Å². The predicted octanol–water partition coefficient (Wildman–Crippen LogP) is 2.18. The Hall–Kier alpha value is -6.29. The number of benzene rings is 4. The third-order valence-corrected chi connectivity index (χ3v) is 10.3. The molecule has 324 valence electrons. The zero-order valence-corrected chi connectivity index (χ0v) is 35.1. The highest BCUT2D eigenvalue weighted by Crippen LogP contribution is 2.20. The van der Waals surface area contributed by atoms with Crippen molar-refractivity contribution in [1.82, 2.24) is 31.6 Å². The van der Waals surface area contributed by atoms with Crippen molar-refractivity contribution >= 4 is 69.5 Å². The lowest BCUT2D eigenvalue weighted by molar-refractivity contribution is -0.134. The number of primary amides is 1. The fourth-order valence-corrected chi connectivity index (χ4v) is 6.90. The largest absolute Gasteiger partial charge is 0.368 e. The quantitative estimate of drug-likeness (QED) is 0.0494. The van der Waals surface area contributed by atoms with Gasteiger partial charge in [0.15, 0.2) is 0 Å². The summed E-state index contributed by atoms with van der Waals surface area (Å²) in [6.07, 6.45) is 3.39. The van der Waals surface area contributed by atoms with E-state index in [-0.39, 0.29) is 38.1 Å². The monoisotopic (exact) mass is 853 g/mol. The SMILES string of the molecule is C[C@H](NC(=O)[C@H](Cc1ccc2ccccc2c1)NC(=O)[C@@H](C)N)C(=O)N[C@@H](Cc1c[nH]c2ccccc12)C(=O)N[C@H](Cc1ccccc1)C(=O)N[C@@H](CCCCN)C(N)=O.Cl. The van der Waals surface area contributed by atoms with E-state index in [1.54, 1.807) is 30.5 Å². The van der Waals surface area contributed by atoms with Gasteiger partial charge in [0.25, 0.3) is 0 Å². The number of fused-ring (bicyclic) bond motifs is 2. The number of para-hydroxylation sites is 1. The number of aromatic amines is 1. The summed E-state index contributed by atoms with van der Waals surface area (Å²) >= 11 is 0. The van der Waals surface area contributed by atoms with Crippen LogP contribution in [0.1, 0.15) is 49.8 Å². The first-order chi connectivity index (χ1) is 28.8. The average Bonchev–Trinajstić information content (AvgIpc) is 3.65. The lowest BCUT2D eigenvalue weighted by Gasteiger charge is -2.26. The molecule has 1 heterocycles. The van der Waals surface area contributed by atoms with Gasteiger partial charge in [0.1, 0.15) is 30.2 Å². The number of nitrogens with two attached hydrogens (primary N) is 3. The van der Waals surface area contributed by atoms with Crippen LogP contribution in [0.2, 0.25) is 0 Å². The minimum atomic E-state index is -1.23. The molecule has 4 aromatic carbocycles. The average molecular weight is 854 g/mol. The second-order valence-corrected chi connectivity index (χ2v) is 15.1. The molecule has 61 heavy (non-hydrogen) atoms. The maximum absolute atomic E-state index is 14.3. The van der Waals surface area contributed by atoms with E-state index >= 15 is 0 Å². The zero-order chi connectivity index (χ0) is 43.2. The van der Waals surface area contributed by atoms with Crippen LogP contribution in [0.15, 0.2) is 103 Å². The van der Waals surface area contributed by atoms with Gasteiger partial charge < -0.3 is 48.8 Å². The molecule has 5 aromatic rings. The van der Waals surface area contributed by atoms with Gasteiger partial charge in [-0.2, -0.15) is 0 Å². The number of unbranched alkanes of at least 4 members (excludes halogenated alkanes) is 1. The highest BCUT2D eigenvalue weighted by atomic mass is 35.5. The number of hydrogen-bond donors (Lipinski definition) is 9. The molecule has 15 nitrogen and oxygen atoms in total. The summed E-state index contributed by atoms with van der Waals surface area (Å²) in [4.78, 5) is 84.2. The van der Waals surface area contributed by atoms with E-state index in [1.165, 1.54) is 13.8 Å². The normalized spacial score (nSPS) is 14.0. The molecule has 0 radical (unpaired) electrons. The molecule has 12 N–H and O–H groups in total. The molecule has 0 aliphatic rings. The standard InChI is InChI=1S/C45H55N9O6.ClH/c1-27(47)41(56)52-38(24-30-19-20-31-14-6-7-15-32(31)22-30)43(58)50-28(2)42(57)53-39(25-33-26-49-35-17-9-8-16-34(33)35)45(60)54-37(23-29-12-4-3-5-13-29)44(59)51-36(40(48)55)18-10-11-21-46;/h3-9,12-17,19-20,22,26-28,36-39,49H,10-11,18,21,23-25,46-47H2,1-2H3,(H2,48,55)(H,50,58)(H,51,59)(H,52,56)(H,53,57)(H,54,60);1H/t27-,28+,36+,37-,38+,39+;/m1./s1. The minimum absolute atomic E-state index is 0. The van der Waals surface area contributed by atoms with Crippen molar-refractivity contribution in [1.29, 1.82) is 0 Å². The first-order valence-electron chi connectivity index (χ1n) is 20.2. The number of amides is 6. The van der Waals surface area contributed by atoms with Crippen molar-refractivity contribution in [3.05, 3.63) is 120 Å². The zero-order valence-electron chi connectivity index (χ0n) is 34.3. The van der Waals surface area contributed by atoms with Gasteiger partial charge in [-0.25, -0.2) is 0 Å². The molecule has 6 amide bonds. The molecule has 0 bridgehead atoms. The van der Waals surface area contributed by atoms with Gasteiger partial charge in [-0.1, -0.05) is 91.0 Å². The third-order valence-electron chi connectivity index (χ3n) is 10.3. The van der Waals surface area contributed by atoms with E-state index in [0.29, 0.717) is 19.4 Å². The number of H-pyrrole nitrogens is 1. The fourth-order valence-electron chi connectivity index (χ4n) is 6.90. The van der Waals surface area contributed by atoms with Crippen LogP contribution in [0.4, 0.5) is 0 Å². The van der Waals surface area contributed by atoms with Gasteiger partial charge >= 0.3 is 0 Å². The van der Waals surface area contributed by atoms with Crippen LogP contribution >= 0.6 is 12.4 Å². The summed E-state index contributed by atoms with van der Waals surface area (Å²) in [5.74, 6) is -3.90. The van der Waals surface area contributed by atoms with E-state index < -0.39 is 71.7 Å². The first kappa shape index (κ1) is 47.4. The number of aromatic nitrogens is 1. The number of carbonyl (C=O) groups excluding carboxylic acids is 6. The Morgan fingerprint density at radius 2 is 1.15 bits per heavy atom. The Bertz CT molecular complexity index is 2280. The van der Waals surface area contributed by atoms with Gasteiger partial charge in [0, 0.05) is 36.4 Å². The van der Waals surface area contributed by atoms with Gasteiger partial charge in [-0.05, 0) is 73.2 Å². The number of hydrogen-bond acceptors (Lipinski definition) is 8. The van der Waals surface area contributed by atoms with E-state index in [9.17, 15) is 28.8 Å². The molecule has 0 saturated heterocycles. The maximum atomic E-state index is 14.3. The second-order valence-electron chi connectivity index (χ2n) is 15.1. The predicted molar refractivity (Wildman–Crippen MR) is 238 cm³/mol. The molecule has 0 saturated carbocycles. The van der Waals surface area contributed by atoms with Crippen LogP contribution in [0.3, 0.4) is 0 Å². The summed E-state index contributed by atoms with van der Waals surface area (Å²) in [6.45, 7) is 3.38. The molecular weight excluding hydrogens is 798 g/mol. The van der Waals surface area contributed by atoms with Crippen LogP contribution in [-0.4, -0.2) is 83.2 Å². The molecule has 16 heteroatoms. The topological polar surface area (TPSA) is 256 Å². The summed E-state index contributed by atoms with van der Waals surface area (Å²) in [6, 6.07) is 23.4. The van der Waals surface area contributed by atoms with Crippen molar-refractivity contribution < 1.29 is 28.8 Å². The minimum Gasteiger partial charge on any atom is -0.368 e. The molecule has 0 spiro atoms. The number of rotatable bonds is 21. The Morgan fingerprint density at radius 3 is 1.82 bits per heavy atom. The molecule has 0 aliphatic carbocycles. The molecule has 1 aromatic heterocycles. The van der Waals surface area contributed by atoms with Gasteiger partial charge in [-0.3, -0.25) is 28.8 Å². The lowest BCUT2D eigenvalue weighted by atomic mass is 10.0. The summed E-state index contributed by atoms with van der Waals surface area (Å²) in [5, 5.41) is 16.5. The number of nitrogens with one attached hydrogen (secondary N) is 6. The number of halogens is 1. The third kappa shape index (κ3) is 13.6. The summed E-state index contributed by atoms with van der Waals surface area (Å²) < 4.78 is 0. The van der Waals surface area contributed by atoms with Crippen LogP contribution < -0.4 is 43.8 Å². The van der Waals surface area contributed by atoms with Crippen LogP contribution in [0.25, 0.3) is 21.7 Å². The van der Waals surface area contributed by atoms with Crippen molar-refractivity contribution in [3.63, 3.8) is 0 Å². The second kappa shape index (κ2) is 22.9. The Kier molecular flexibility index (Phi) is 17.8. The Balaban J connectivity index is 0.00000819. The molecule has 0 aliphatic heterocycles. The van der Waals surface area contributed by atoms with Crippen LogP contribution in [0.5, 0.6) is 0 Å². The van der Waals surface area contributed by atoms with E-state index in [0.717, 1.165) is 38.4 Å². The first-order valence-corrected chi connectivity index (χ1v) is 20.2. The molecule has 6 atom stereocenters. The van der Waals surface area contributed by atoms with Gasteiger partial charge in [0.05, 0.1) is 6.04 Å². The molecule has 0 unspecified atom stereocenters. The summed E-state index contributed by atoms with van der Waals surface area (Å²) in [7, 11) is 0. The van der Waals surface area contributed by atoms with Crippen molar-refractivity contribution in [2.24, 2.45) is 17.2 Å². The van der Waals surface area contributed by atoms with Crippen LogP contribution in [0, 0.1) is 0 Å². The number of carbonyl (C=O) groups is 6. The molecular formula is C45H56ClN9O6. The highest BCUT2D eigenvalue weighted by molar-refractivity contribution is 5.97. The van der Waals surface area contributed by atoms with Gasteiger partial charge in [0.2, 0.25) is 35.4 Å². The fraction of sp³-hybridized carbons (Fsp3) is 0.333. The lowest BCUT2D eigenvalue weighted by Crippen LogP contribution is -2.59. The van der Waals surface area contributed by atoms with Gasteiger partial charge in [-0.15, -0.1) is 12.4 Å². The van der Waals surface area contributed by atoms with E-state index in [2.05, 4.69) is 31.6 Å². The van der Waals surface area contributed by atoms with Crippen molar-refractivity contribution in [3.8, 4) is 0 Å². The maximum Gasteiger partial charge on any atom is 0.243 e. The molecule has 5 rings (SSSR count). The Labute approximate surface area is 361 Å². The van der Waals surface area contributed by atoms with Crippen molar-refractivity contribution in [2.75, 3.05) is 6.54 Å². The Morgan fingerprint density at radius 1 is 0.590 bits per heavy atom. The molecule has 0 fully saturated rings. The smallest absolute Gasteiger partial charge is 0.243 e. The van der Waals surface area contributed by atoms with E-state index in [1.807, 2.05) is 72.8 Å².